The number of hydrogen-bond donors (Lipinski definition) is 0. The molecule has 152 valence electrons. The van der Waals surface area contributed by atoms with Crippen molar-refractivity contribution >= 4 is 44.7 Å². The maximum absolute atomic E-state index is 6.58. The van der Waals surface area contributed by atoms with Gasteiger partial charge in [-0.15, -0.1) is 16.7 Å². The van der Waals surface area contributed by atoms with Crippen molar-refractivity contribution in [2.75, 3.05) is 13.0 Å². The lowest BCUT2D eigenvalue weighted by molar-refractivity contribution is 0.415. The molecule has 4 aromatic carbocycles. The molecule has 0 saturated heterocycles. The highest BCUT2D eigenvalue weighted by molar-refractivity contribution is 6.25. The minimum Gasteiger partial charge on any atom is -0.497 e. The van der Waals surface area contributed by atoms with Gasteiger partial charge in [0, 0.05) is 11.1 Å². The maximum atomic E-state index is 6.58. The summed E-state index contributed by atoms with van der Waals surface area (Å²) in [5, 5.41) is 11.2. The van der Waals surface area contributed by atoms with Gasteiger partial charge in [-0.05, 0) is 58.8 Å². The van der Waals surface area contributed by atoms with Crippen molar-refractivity contribution in [2.24, 2.45) is 0 Å². The van der Waals surface area contributed by atoms with Gasteiger partial charge < -0.3 is 4.74 Å². The van der Waals surface area contributed by atoms with E-state index in [0.717, 1.165) is 39.2 Å². The minimum absolute atomic E-state index is 0.327. The van der Waals surface area contributed by atoms with Gasteiger partial charge in [-0.1, -0.05) is 53.7 Å². The van der Waals surface area contributed by atoms with E-state index < -0.39 is 0 Å². The summed E-state index contributed by atoms with van der Waals surface area (Å²) in [6, 6.07) is 30.6. The van der Waals surface area contributed by atoms with Crippen LogP contribution in [0.2, 0.25) is 0 Å². The van der Waals surface area contributed by atoms with E-state index in [1.165, 1.54) is 10.8 Å². The zero-order valence-electron chi connectivity index (χ0n) is 17.0. The van der Waals surface area contributed by atoms with Gasteiger partial charge >= 0.3 is 0 Å². The van der Waals surface area contributed by atoms with Crippen LogP contribution in [0.3, 0.4) is 0 Å². The molecule has 0 amide bonds. The Bertz CT molecular complexity index is 1400. The lowest BCUT2D eigenvalue weighted by atomic mass is 9.98. The highest BCUT2D eigenvalue weighted by Gasteiger charge is 2.17. The number of allylic oxidation sites excluding steroid dienone is 1. The Morgan fingerprint density at radius 1 is 0.839 bits per heavy atom. The van der Waals surface area contributed by atoms with Crippen LogP contribution in [0.15, 0.2) is 91.0 Å². The molecular formula is C26H20ClN3O. The molecule has 4 nitrogen and oxygen atoms in total. The van der Waals surface area contributed by atoms with Gasteiger partial charge in [-0.25, -0.2) is 4.68 Å². The largest absolute Gasteiger partial charge is 0.497 e. The molecule has 1 heterocycles. The first-order valence-corrected chi connectivity index (χ1v) is 10.6. The van der Waals surface area contributed by atoms with Gasteiger partial charge in [-0.3, -0.25) is 0 Å². The Balaban J connectivity index is 1.80. The average molecular weight is 426 g/mol. The summed E-state index contributed by atoms with van der Waals surface area (Å²) in [4.78, 5) is 0. The van der Waals surface area contributed by atoms with Gasteiger partial charge in [0.25, 0.3) is 0 Å². The predicted molar refractivity (Wildman–Crippen MR) is 127 cm³/mol. The van der Waals surface area contributed by atoms with Crippen LogP contribution in [-0.4, -0.2) is 28.0 Å². The Morgan fingerprint density at radius 3 is 2.32 bits per heavy atom. The number of aromatic nitrogens is 3. The fourth-order valence-electron chi connectivity index (χ4n) is 3.86. The number of para-hydroxylation sites is 1. The van der Waals surface area contributed by atoms with E-state index in [0.29, 0.717) is 5.88 Å². The van der Waals surface area contributed by atoms with Gasteiger partial charge in [-0.2, -0.15) is 0 Å². The van der Waals surface area contributed by atoms with Crippen LogP contribution in [0.4, 0.5) is 0 Å². The molecule has 0 unspecified atom stereocenters. The third-order valence-electron chi connectivity index (χ3n) is 5.44. The van der Waals surface area contributed by atoms with Crippen LogP contribution in [0.5, 0.6) is 5.75 Å². The van der Waals surface area contributed by atoms with Gasteiger partial charge in [0.1, 0.15) is 11.3 Å². The molecule has 0 aliphatic heterocycles. The first kappa shape index (κ1) is 19.3. The second kappa shape index (κ2) is 8.25. The maximum Gasteiger partial charge on any atom is 0.118 e. The predicted octanol–water partition coefficient (Wildman–Crippen LogP) is 6.25. The lowest BCUT2D eigenvalue weighted by Gasteiger charge is -2.16. The Labute approximate surface area is 185 Å². The van der Waals surface area contributed by atoms with Crippen LogP contribution in [-0.2, 0) is 0 Å². The smallest absolute Gasteiger partial charge is 0.118 e. The second-order valence-corrected chi connectivity index (χ2v) is 7.51. The SMILES string of the molecule is COc1ccc(/C(=C(\CCl)c2ccc3ccccc3c2)n2nnc3ccccc32)cc1. The van der Waals surface area contributed by atoms with Crippen molar-refractivity contribution in [2.45, 2.75) is 0 Å². The van der Waals surface area contributed by atoms with Gasteiger partial charge in [0.15, 0.2) is 0 Å². The Morgan fingerprint density at radius 2 is 1.55 bits per heavy atom. The molecule has 0 aliphatic rings. The molecule has 5 aromatic rings. The molecule has 1 aromatic heterocycles. The summed E-state index contributed by atoms with van der Waals surface area (Å²) >= 11 is 6.58. The quantitative estimate of drug-likeness (QED) is 0.247. The molecule has 0 spiro atoms. The minimum atomic E-state index is 0.327. The number of alkyl halides is 1. The number of rotatable bonds is 5. The van der Waals surface area contributed by atoms with Crippen molar-refractivity contribution in [3.05, 3.63) is 102 Å². The topological polar surface area (TPSA) is 39.9 Å². The summed E-state index contributed by atoms with van der Waals surface area (Å²) in [7, 11) is 1.66. The molecule has 0 fully saturated rings. The molecule has 0 N–H and O–H groups in total. The summed E-state index contributed by atoms with van der Waals surface area (Å²) in [5.74, 6) is 1.12. The molecule has 0 saturated carbocycles. The molecule has 0 bridgehead atoms. The van der Waals surface area contributed by atoms with Crippen molar-refractivity contribution in [3.63, 3.8) is 0 Å². The molecule has 5 rings (SSSR count). The first-order valence-electron chi connectivity index (χ1n) is 10.0. The highest BCUT2D eigenvalue weighted by Crippen LogP contribution is 2.33. The van der Waals surface area contributed by atoms with E-state index in [4.69, 9.17) is 16.3 Å². The van der Waals surface area contributed by atoms with Crippen LogP contribution in [0.25, 0.3) is 33.1 Å². The zero-order chi connectivity index (χ0) is 21.2. The van der Waals surface area contributed by atoms with Crippen LogP contribution >= 0.6 is 11.6 Å². The van der Waals surface area contributed by atoms with E-state index in [1.54, 1.807) is 7.11 Å². The lowest BCUT2D eigenvalue weighted by Crippen LogP contribution is -2.06. The zero-order valence-corrected chi connectivity index (χ0v) is 17.8. The second-order valence-electron chi connectivity index (χ2n) is 7.24. The number of hydrogen-bond acceptors (Lipinski definition) is 3. The average Bonchev–Trinajstić information content (AvgIpc) is 3.26. The van der Waals surface area contributed by atoms with E-state index in [2.05, 4.69) is 40.6 Å². The summed E-state index contributed by atoms with van der Waals surface area (Å²) < 4.78 is 7.23. The number of halogens is 1. The van der Waals surface area contributed by atoms with Crippen molar-refractivity contribution in [3.8, 4) is 5.75 Å². The fraction of sp³-hybridized carbons (Fsp3) is 0.0769. The molecular weight excluding hydrogens is 406 g/mol. The number of benzene rings is 4. The highest BCUT2D eigenvalue weighted by atomic mass is 35.5. The van der Waals surface area contributed by atoms with Crippen molar-refractivity contribution < 1.29 is 4.74 Å². The van der Waals surface area contributed by atoms with E-state index in [1.807, 2.05) is 65.3 Å². The van der Waals surface area contributed by atoms with E-state index in [9.17, 15) is 0 Å². The summed E-state index contributed by atoms with van der Waals surface area (Å²) in [6.45, 7) is 0. The number of nitrogens with zero attached hydrogens (tertiary/aromatic N) is 3. The first-order chi connectivity index (χ1) is 15.3. The van der Waals surface area contributed by atoms with Crippen molar-refractivity contribution in [1.82, 2.24) is 15.0 Å². The molecule has 31 heavy (non-hydrogen) atoms. The van der Waals surface area contributed by atoms with Crippen molar-refractivity contribution in [1.29, 1.82) is 0 Å². The number of ether oxygens (including phenoxy) is 1. The summed E-state index contributed by atoms with van der Waals surface area (Å²) in [5.41, 5.74) is 5.69. The van der Waals surface area contributed by atoms with Gasteiger partial charge in [0.2, 0.25) is 0 Å². The summed E-state index contributed by atoms with van der Waals surface area (Å²) in [6.07, 6.45) is 0. The molecule has 0 aliphatic carbocycles. The van der Waals surface area contributed by atoms with Crippen LogP contribution < -0.4 is 4.74 Å². The number of methoxy groups -OCH3 is 1. The monoisotopic (exact) mass is 425 g/mol. The Hall–Kier alpha value is -3.63. The van der Waals surface area contributed by atoms with E-state index >= 15 is 0 Å². The Kier molecular flexibility index (Phi) is 5.14. The van der Waals surface area contributed by atoms with E-state index in [-0.39, 0.29) is 0 Å². The third-order valence-corrected chi connectivity index (χ3v) is 5.71. The standard InChI is InChI=1S/C26H20ClN3O/c1-31-22-14-12-19(13-15-22)26(30-25-9-5-4-8-24(25)28-29-30)23(17-27)21-11-10-18-6-2-3-7-20(18)16-21/h2-16H,17H2,1H3/b26-23-. The fourth-order valence-corrected chi connectivity index (χ4v) is 4.14. The third kappa shape index (κ3) is 3.56. The molecule has 5 heteroatoms. The van der Waals surface area contributed by atoms with Crippen LogP contribution in [0, 0.1) is 0 Å². The molecule has 0 atom stereocenters. The normalized spacial score (nSPS) is 12.2. The van der Waals surface area contributed by atoms with Crippen LogP contribution in [0.1, 0.15) is 11.1 Å². The molecule has 0 radical (unpaired) electrons. The number of fused-ring (bicyclic) bond motifs is 2. The van der Waals surface area contributed by atoms with Gasteiger partial charge in [0.05, 0.1) is 24.2 Å².